The molecule has 3 saturated carbocycles. The van der Waals surface area contributed by atoms with Crippen LogP contribution in [-0.2, 0) is 4.79 Å². The van der Waals surface area contributed by atoms with E-state index in [4.69, 9.17) is 6.42 Å². The second kappa shape index (κ2) is 5.46. The van der Waals surface area contributed by atoms with Crippen LogP contribution in [0, 0.1) is 46.8 Å². The number of hydrogen-bond acceptors (Lipinski definition) is 2. The number of carbonyl (C=O) groups is 1. The Morgan fingerprint density at radius 1 is 1.25 bits per heavy atom. The summed E-state index contributed by atoms with van der Waals surface area (Å²) in [7, 11) is 0. The maximum absolute atomic E-state index is 12.4. The van der Waals surface area contributed by atoms with Gasteiger partial charge in [-0.05, 0) is 79.6 Å². The van der Waals surface area contributed by atoms with Crippen molar-refractivity contribution in [3.8, 4) is 12.3 Å². The van der Waals surface area contributed by atoms with Gasteiger partial charge in [0.2, 0.25) is 0 Å². The highest BCUT2D eigenvalue weighted by Gasteiger charge is 2.59. The molecule has 0 amide bonds. The number of allylic oxidation sites excluding steroid dienone is 1. The first-order chi connectivity index (χ1) is 11.4. The smallest absolute Gasteiger partial charge is 0.159 e. The molecular formula is C22H30O2. The van der Waals surface area contributed by atoms with Gasteiger partial charge in [0, 0.05) is 12.3 Å². The van der Waals surface area contributed by atoms with Gasteiger partial charge in [-0.1, -0.05) is 19.4 Å². The molecule has 1 N–H and O–H groups in total. The number of fused-ring (bicyclic) bond motifs is 5. The minimum Gasteiger partial charge on any atom is -0.393 e. The average Bonchev–Trinajstić information content (AvgIpc) is 2.85. The zero-order chi connectivity index (χ0) is 17.1. The molecule has 2 nitrogen and oxygen atoms in total. The van der Waals surface area contributed by atoms with E-state index >= 15 is 0 Å². The molecule has 0 aromatic carbocycles. The monoisotopic (exact) mass is 326 g/mol. The van der Waals surface area contributed by atoms with Gasteiger partial charge >= 0.3 is 0 Å². The molecule has 0 aromatic heterocycles. The minimum absolute atomic E-state index is 0.0185. The van der Waals surface area contributed by atoms with Gasteiger partial charge in [-0.3, -0.25) is 4.79 Å². The van der Waals surface area contributed by atoms with Crippen molar-refractivity contribution in [1.82, 2.24) is 0 Å². The molecule has 7 atom stereocenters. The summed E-state index contributed by atoms with van der Waals surface area (Å²) in [5, 5.41) is 10.5. The summed E-state index contributed by atoms with van der Waals surface area (Å²) >= 11 is 0. The van der Waals surface area contributed by atoms with E-state index in [-0.39, 0.29) is 28.6 Å². The summed E-state index contributed by atoms with van der Waals surface area (Å²) in [5.74, 6) is 5.03. The first-order valence-corrected chi connectivity index (χ1v) is 9.76. The van der Waals surface area contributed by atoms with Gasteiger partial charge in [0.1, 0.15) is 0 Å². The molecular weight excluding hydrogens is 296 g/mol. The van der Waals surface area contributed by atoms with Crippen LogP contribution in [0.3, 0.4) is 0 Å². The summed E-state index contributed by atoms with van der Waals surface area (Å²) in [5.41, 5.74) is 1.67. The van der Waals surface area contributed by atoms with Crippen molar-refractivity contribution in [2.45, 2.75) is 71.3 Å². The van der Waals surface area contributed by atoms with E-state index in [1.54, 1.807) is 0 Å². The summed E-state index contributed by atoms with van der Waals surface area (Å²) < 4.78 is 0. The Morgan fingerprint density at radius 3 is 2.79 bits per heavy atom. The molecule has 2 heteroatoms. The SMILES string of the molecule is C#CCC1CC2(C)C(=CC1=O)CCC1C2CCC2(C)C1CC[C@H]2O. The van der Waals surface area contributed by atoms with Gasteiger partial charge in [0.25, 0.3) is 0 Å². The topological polar surface area (TPSA) is 37.3 Å². The highest BCUT2D eigenvalue weighted by Crippen LogP contribution is 2.65. The number of aliphatic hydroxyl groups is 1. The normalized spacial score (nSPS) is 50.3. The molecule has 3 fully saturated rings. The molecule has 0 spiro atoms. The number of aliphatic hydroxyl groups excluding tert-OH is 1. The molecule has 4 rings (SSSR count). The Hall–Kier alpha value is -1.07. The molecule has 0 aromatic rings. The Morgan fingerprint density at radius 2 is 2.04 bits per heavy atom. The van der Waals surface area contributed by atoms with Gasteiger partial charge in [0.05, 0.1) is 6.10 Å². The van der Waals surface area contributed by atoms with E-state index in [9.17, 15) is 9.90 Å². The Bertz CT molecular complexity index is 626. The van der Waals surface area contributed by atoms with Crippen molar-refractivity contribution in [3.05, 3.63) is 11.6 Å². The molecule has 0 radical (unpaired) electrons. The van der Waals surface area contributed by atoms with Crippen LogP contribution in [0.2, 0.25) is 0 Å². The van der Waals surface area contributed by atoms with Crippen molar-refractivity contribution in [1.29, 1.82) is 0 Å². The fourth-order valence-corrected chi connectivity index (χ4v) is 7.04. The lowest BCUT2D eigenvalue weighted by Crippen LogP contribution is -2.52. The molecule has 6 unspecified atom stereocenters. The molecule has 4 aliphatic carbocycles. The van der Waals surface area contributed by atoms with E-state index in [0.717, 1.165) is 25.7 Å². The number of hydrogen-bond donors (Lipinski definition) is 1. The number of ketones is 1. The third kappa shape index (κ3) is 2.10. The van der Waals surface area contributed by atoms with E-state index in [1.165, 1.54) is 24.8 Å². The van der Waals surface area contributed by atoms with Crippen LogP contribution in [0.25, 0.3) is 0 Å². The van der Waals surface area contributed by atoms with Crippen LogP contribution >= 0.6 is 0 Å². The Kier molecular flexibility index (Phi) is 3.73. The van der Waals surface area contributed by atoms with Crippen molar-refractivity contribution in [3.63, 3.8) is 0 Å². The van der Waals surface area contributed by atoms with Gasteiger partial charge in [-0.15, -0.1) is 12.3 Å². The molecule has 0 heterocycles. The molecule has 130 valence electrons. The average molecular weight is 326 g/mol. The van der Waals surface area contributed by atoms with Gasteiger partial charge in [-0.2, -0.15) is 0 Å². The highest BCUT2D eigenvalue weighted by atomic mass is 16.3. The summed E-state index contributed by atoms with van der Waals surface area (Å²) in [6.45, 7) is 4.73. The standard InChI is InChI=1S/C22H30O2/c1-4-5-14-13-22(3)15(12-19(14)23)6-7-16-17-8-9-20(24)21(17,2)11-10-18(16)22/h1,12,14,16-18,20,24H,5-11,13H2,2-3H3/t14?,16?,17?,18?,20-,21?,22?/m1/s1. The minimum atomic E-state index is -0.115. The maximum atomic E-state index is 12.4. The molecule has 24 heavy (non-hydrogen) atoms. The fourth-order valence-electron chi connectivity index (χ4n) is 7.04. The molecule has 0 bridgehead atoms. The zero-order valence-electron chi connectivity index (χ0n) is 15.1. The Labute approximate surface area is 146 Å². The predicted octanol–water partition coefficient (Wildman–Crippen LogP) is 4.13. The third-order valence-electron chi connectivity index (χ3n) is 8.44. The quantitative estimate of drug-likeness (QED) is 0.736. The number of terminal acetylenes is 1. The summed E-state index contributed by atoms with van der Waals surface area (Å²) in [6, 6.07) is 0. The highest BCUT2D eigenvalue weighted by molar-refractivity contribution is 5.94. The predicted molar refractivity (Wildman–Crippen MR) is 95.0 cm³/mol. The lowest BCUT2D eigenvalue weighted by molar-refractivity contribution is -0.123. The van der Waals surface area contributed by atoms with Gasteiger partial charge in [0.15, 0.2) is 5.78 Å². The van der Waals surface area contributed by atoms with Crippen LogP contribution in [0.1, 0.15) is 65.2 Å². The van der Waals surface area contributed by atoms with E-state index in [2.05, 4.69) is 19.8 Å². The largest absolute Gasteiger partial charge is 0.393 e. The van der Waals surface area contributed by atoms with Gasteiger partial charge in [-0.25, -0.2) is 0 Å². The zero-order valence-corrected chi connectivity index (χ0v) is 15.1. The van der Waals surface area contributed by atoms with E-state index < -0.39 is 0 Å². The molecule has 0 aliphatic heterocycles. The van der Waals surface area contributed by atoms with Crippen molar-refractivity contribution in [2.24, 2.45) is 34.5 Å². The van der Waals surface area contributed by atoms with E-state index in [0.29, 0.717) is 24.2 Å². The second-order valence-corrected chi connectivity index (χ2v) is 9.35. The number of rotatable bonds is 1. The van der Waals surface area contributed by atoms with Crippen LogP contribution in [0.15, 0.2) is 11.6 Å². The lowest BCUT2D eigenvalue weighted by atomic mass is 9.46. The molecule has 4 aliphatic rings. The van der Waals surface area contributed by atoms with Gasteiger partial charge < -0.3 is 5.11 Å². The van der Waals surface area contributed by atoms with Crippen molar-refractivity contribution < 1.29 is 9.90 Å². The van der Waals surface area contributed by atoms with Crippen LogP contribution < -0.4 is 0 Å². The van der Waals surface area contributed by atoms with Crippen LogP contribution in [0.4, 0.5) is 0 Å². The first-order valence-electron chi connectivity index (χ1n) is 9.76. The van der Waals surface area contributed by atoms with Crippen LogP contribution in [-0.4, -0.2) is 17.0 Å². The van der Waals surface area contributed by atoms with E-state index in [1.807, 2.05) is 6.08 Å². The fraction of sp³-hybridized carbons (Fsp3) is 0.773. The second-order valence-electron chi connectivity index (χ2n) is 9.35. The van der Waals surface area contributed by atoms with Crippen molar-refractivity contribution >= 4 is 5.78 Å². The third-order valence-corrected chi connectivity index (χ3v) is 8.44. The summed E-state index contributed by atoms with van der Waals surface area (Å²) in [4.78, 5) is 12.4. The first kappa shape index (κ1) is 16.4. The lowest BCUT2D eigenvalue weighted by Gasteiger charge is -2.58. The molecule has 0 saturated heterocycles. The Balaban J connectivity index is 1.67. The maximum Gasteiger partial charge on any atom is 0.159 e. The number of carbonyl (C=O) groups excluding carboxylic acids is 1. The van der Waals surface area contributed by atoms with Crippen molar-refractivity contribution in [2.75, 3.05) is 0 Å². The summed E-state index contributed by atoms with van der Waals surface area (Å²) in [6.07, 6.45) is 15.6. The van der Waals surface area contributed by atoms with Crippen LogP contribution in [0.5, 0.6) is 0 Å².